The third-order valence-electron chi connectivity index (χ3n) is 2.79. The summed E-state index contributed by atoms with van der Waals surface area (Å²) in [7, 11) is 2.06. The van der Waals surface area contributed by atoms with Crippen molar-refractivity contribution in [2.75, 3.05) is 0 Å². The van der Waals surface area contributed by atoms with Crippen LogP contribution in [-0.4, -0.2) is 9.55 Å². The summed E-state index contributed by atoms with van der Waals surface area (Å²) in [5.41, 5.74) is 3.68. The van der Waals surface area contributed by atoms with E-state index in [9.17, 15) is 0 Å². The molecule has 0 saturated carbocycles. The second-order valence-electron chi connectivity index (χ2n) is 3.78. The van der Waals surface area contributed by atoms with E-state index in [1.807, 2.05) is 6.20 Å². The number of nitrogens with one attached hydrogen (secondary N) is 1. The first kappa shape index (κ1) is 8.36. The van der Waals surface area contributed by atoms with E-state index in [1.54, 1.807) is 0 Å². The standard InChI is InChI=1S/C13H12N2/c1-15-8-2-3-13(15)11-5-4-10-6-7-14-12(10)9-11/h2-9,14H,1H3. The summed E-state index contributed by atoms with van der Waals surface area (Å²) >= 11 is 0. The molecule has 74 valence electrons. The van der Waals surface area contributed by atoms with Gasteiger partial charge in [0.05, 0.1) is 0 Å². The van der Waals surface area contributed by atoms with Crippen LogP contribution in [0.1, 0.15) is 0 Å². The predicted octanol–water partition coefficient (Wildman–Crippen LogP) is 3.17. The fourth-order valence-electron chi connectivity index (χ4n) is 1.97. The first-order chi connectivity index (χ1) is 7.34. The Balaban J connectivity index is 2.23. The van der Waals surface area contributed by atoms with Crippen LogP contribution in [0.15, 0.2) is 48.8 Å². The van der Waals surface area contributed by atoms with Gasteiger partial charge >= 0.3 is 0 Å². The van der Waals surface area contributed by atoms with Crippen molar-refractivity contribution in [3.05, 3.63) is 48.8 Å². The van der Waals surface area contributed by atoms with Crippen LogP contribution in [0.25, 0.3) is 22.2 Å². The summed E-state index contributed by atoms with van der Waals surface area (Å²) in [6, 6.07) is 12.8. The third kappa shape index (κ3) is 1.26. The van der Waals surface area contributed by atoms with Crippen LogP contribution in [0, 0.1) is 0 Å². The van der Waals surface area contributed by atoms with Crippen LogP contribution in [0.4, 0.5) is 0 Å². The molecule has 15 heavy (non-hydrogen) atoms. The molecule has 2 heteroatoms. The van der Waals surface area contributed by atoms with Crippen molar-refractivity contribution in [2.24, 2.45) is 7.05 Å². The molecule has 0 aliphatic carbocycles. The van der Waals surface area contributed by atoms with E-state index in [0.29, 0.717) is 0 Å². The molecule has 0 aliphatic rings. The Hall–Kier alpha value is -1.96. The van der Waals surface area contributed by atoms with Gasteiger partial charge in [0.25, 0.3) is 0 Å². The monoisotopic (exact) mass is 196 g/mol. The second kappa shape index (κ2) is 3.02. The van der Waals surface area contributed by atoms with Crippen molar-refractivity contribution >= 4 is 10.9 Å². The van der Waals surface area contributed by atoms with Crippen LogP contribution in [0.2, 0.25) is 0 Å². The quantitative estimate of drug-likeness (QED) is 0.617. The zero-order valence-corrected chi connectivity index (χ0v) is 8.57. The number of aromatic nitrogens is 2. The smallest absolute Gasteiger partial charge is 0.0478 e. The zero-order valence-electron chi connectivity index (χ0n) is 8.57. The van der Waals surface area contributed by atoms with Gasteiger partial charge in [0.15, 0.2) is 0 Å². The van der Waals surface area contributed by atoms with Crippen LogP contribution >= 0.6 is 0 Å². The molecule has 0 fully saturated rings. The van der Waals surface area contributed by atoms with Gasteiger partial charge in [-0.2, -0.15) is 0 Å². The molecule has 2 nitrogen and oxygen atoms in total. The van der Waals surface area contributed by atoms with Crippen molar-refractivity contribution in [2.45, 2.75) is 0 Å². The average Bonchev–Trinajstić information content (AvgIpc) is 2.84. The maximum Gasteiger partial charge on any atom is 0.0478 e. The van der Waals surface area contributed by atoms with E-state index in [2.05, 4.69) is 59.2 Å². The zero-order chi connectivity index (χ0) is 10.3. The summed E-state index contributed by atoms with van der Waals surface area (Å²) in [5, 5.41) is 1.26. The van der Waals surface area contributed by atoms with Gasteiger partial charge in [-0.3, -0.25) is 0 Å². The normalized spacial score (nSPS) is 11.0. The summed E-state index contributed by atoms with van der Waals surface area (Å²) in [6.07, 6.45) is 4.04. The lowest BCUT2D eigenvalue weighted by atomic mass is 10.1. The molecular weight excluding hydrogens is 184 g/mol. The number of rotatable bonds is 1. The topological polar surface area (TPSA) is 20.7 Å². The van der Waals surface area contributed by atoms with E-state index in [0.717, 1.165) is 0 Å². The molecular formula is C13H12N2. The van der Waals surface area contributed by atoms with Gasteiger partial charge < -0.3 is 9.55 Å². The summed E-state index contributed by atoms with van der Waals surface area (Å²) < 4.78 is 2.13. The van der Waals surface area contributed by atoms with Gasteiger partial charge in [-0.25, -0.2) is 0 Å². The van der Waals surface area contributed by atoms with Crippen LogP contribution < -0.4 is 0 Å². The van der Waals surface area contributed by atoms with Crippen LogP contribution in [0.3, 0.4) is 0 Å². The molecule has 2 aromatic heterocycles. The van der Waals surface area contributed by atoms with E-state index in [1.165, 1.54) is 22.2 Å². The molecule has 0 atom stereocenters. The van der Waals surface area contributed by atoms with Crippen LogP contribution in [0.5, 0.6) is 0 Å². The Morgan fingerprint density at radius 1 is 1.13 bits per heavy atom. The largest absolute Gasteiger partial charge is 0.361 e. The number of hydrogen-bond donors (Lipinski definition) is 1. The van der Waals surface area contributed by atoms with E-state index in [4.69, 9.17) is 0 Å². The molecule has 0 amide bonds. The average molecular weight is 196 g/mol. The molecule has 1 aromatic carbocycles. The van der Waals surface area contributed by atoms with Crippen LogP contribution in [-0.2, 0) is 7.05 Å². The molecule has 3 aromatic rings. The molecule has 1 N–H and O–H groups in total. The molecule has 0 spiro atoms. The fraction of sp³-hybridized carbons (Fsp3) is 0.0769. The highest BCUT2D eigenvalue weighted by molar-refractivity contribution is 5.84. The molecule has 0 aliphatic heterocycles. The lowest BCUT2D eigenvalue weighted by Crippen LogP contribution is -1.88. The Kier molecular flexibility index (Phi) is 1.68. The number of aromatic amines is 1. The van der Waals surface area contributed by atoms with Crippen molar-refractivity contribution in [3.63, 3.8) is 0 Å². The van der Waals surface area contributed by atoms with E-state index >= 15 is 0 Å². The minimum Gasteiger partial charge on any atom is -0.361 e. The first-order valence-electron chi connectivity index (χ1n) is 5.03. The minimum absolute atomic E-state index is 1.19. The van der Waals surface area contributed by atoms with Crippen molar-refractivity contribution in [1.29, 1.82) is 0 Å². The fourth-order valence-corrected chi connectivity index (χ4v) is 1.97. The Labute approximate surface area is 88.2 Å². The van der Waals surface area contributed by atoms with Crippen molar-refractivity contribution in [3.8, 4) is 11.3 Å². The molecule has 0 unspecified atom stereocenters. The van der Waals surface area contributed by atoms with Gasteiger partial charge in [-0.1, -0.05) is 12.1 Å². The highest BCUT2D eigenvalue weighted by Crippen LogP contribution is 2.23. The SMILES string of the molecule is Cn1cccc1-c1ccc2cc[nH]c2c1. The number of nitrogens with zero attached hydrogens (tertiary/aromatic N) is 1. The van der Waals surface area contributed by atoms with E-state index < -0.39 is 0 Å². The Morgan fingerprint density at radius 3 is 2.87 bits per heavy atom. The molecule has 0 radical (unpaired) electrons. The maximum atomic E-state index is 3.23. The van der Waals surface area contributed by atoms with Crippen molar-refractivity contribution < 1.29 is 0 Å². The van der Waals surface area contributed by atoms with Gasteiger partial charge in [-0.15, -0.1) is 0 Å². The highest BCUT2D eigenvalue weighted by Gasteiger charge is 2.02. The Bertz CT molecular complexity index is 602. The summed E-state index contributed by atoms with van der Waals surface area (Å²) in [5.74, 6) is 0. The molecule has 0 saturated heterocycles. The number of benzene rings is 1. The third-order valence-corrected chi connectivity index (χ3v) is 2.79. The predicted molar refractivity (Wildman–Crippen MR) is 62.7 cm³/mol. The maximum absolute atomic E-state index is 3.23. The number of hydrogen-bond acceptors (Lipinski definition) is 0. The summed E-state index contributed by atoms with van der Waals surface area (Å²) in [6.45, 7) is 0. The second-order valence-corrected chi connectivity index (χ2v) is 3.78. The minimum atomic E-state index is 1.19. The van der Waals surface area contributed by atoms with Crippen molar-refractivity contribution in [1.82, 2.24) is 9.55 Å². The number of aryl methyl sites for hydroxylation is 1. The molecule has 0 bridgehead atoms. The molecule has 2 heterocycles. The number of H-pyrrole nitrogens is 1. The van der Waals surface area contributed by atoms with Gasteiger partial charge in [0.1, 0.15) is 0 Å². The van der Waals surface area contributed by atoms with E-state index in [-0.39, 0.29) is 0 Å². The Morgan fingerprint density at radius 2 is 2.07 bits per heavy atom. The lowest BCUT2D eigenvalue weighted by molar-refractivity contribution is 0.937. The first-order valence-corrected chi connectivity index (χ1v) is 5.03. The number of fused-ring (bicyclic) bond motifs is 1. The van der Waals surface area contributed by atoms with Gasteiger partial charge in [0, 0.05) is 36.2 Å². The molecule has 3 rings (SSSR count). The highest BCUT2D eigenvalue weighted by atomic mass is 14.9. The van der Waals surface area contributed by atoms with Gasteiger partial charge in [0.2, 0.25) is 0 Å². The lowest BCUT2D eigenvalue weighted by Gasteiger charge is -2.03. The van der Waals surface area contributed by atoms with Gasteiger partial charge in [-0.05, 0) is 29.7 Å². The summed E-state index contributed by atoms with van der Waals surface area (Å²) in [4.78, 5) is 3.23.